The number of hydrogen-bond acceptors (Lipinski definition) is 2. The van der Waals surface area contributed by atoms with Crippen molar-refractivity contribution in [3.8, 4) is 5.75 Å². The van der Waals surface area contributed by atoms with Gasteiger partial charge in [0.25, 0.3) is 0 Å². The molecule has 0 aromatic heterocycles. The fraction of sp³-hybridized carbons (Fsp3) is 0.500. The highest BCUT2D eigenvalue weighted by molar-refractivity contribution is 6.30. The Morgan fingerprint density at radius 2 is 2.20 bits per heavy atom. The largest absolute Gasteiger partial charge is 0.490 e. The van der Waals surface area contributed by atoms with Crippen LogP contribution in [0.4, 0.5) is 0 Å². The van der Waals surface area contributed by atoms with E-state index >= 15 is 0 Å². The van der Waals surface area contributed by atoms with Gasteiger partial charge in [0.15, 0.2) is 0 Å². The summed E-state index contributed by atoms with van der Waals surface area (Å²) >= 11 is 5.84. The van der Waals surface area contributed by atoms with Gasteiger partial charge in [0.2, 0.25) is 0 Å². The fourth-order valence-corrected chi connectivity index (χ4v) is 1.94. The normalized spacial score (nSPS) is 18.3. The maximum absolute atomic E-state index is 9.87. The van der Waals surface area contributed by atoms with Gasteiger partial charge >= 0.3 is 0 Å². The summed E-state index contributed by atoms with van der Waals surface area (Å²) in [7, 11) is 0. The van der Waals surface area contributed by atoms with Gasteiger partial charge in [0.05, 0.1) is 5.60 Å². The summed E-state index contributed by atoms with van der Waals surface area (Å²) in [5, 5.41) is 10.6. The molecule has 2 rings (SSSR count). The summed E-state index contributed by atoms with van der Waals surface area (Å²) in [5.41, 5.74) is 0.414. The Bertz CT molecular complexity index is 359. The monoisotopic (exact) mass is 226 g/mol. The molecule has 0 atom stereocenters. The Balaban J connectivity index is 1.98. The highest BCUT2D eigenvalue weighted by atomic mass is 35.5. The third-order valence-corrected chi connectivity index (χ3v) is 3.15. The molecule has 1 saturated carbocycles. The zero-order valence-corrected chi connectivity index (χ0v) is 9.55. The average Bonchev–Trinajstić information content (AvgIpc) is 2.14. The highest BCUT2D eigenvalue weighted by Gasteiger charge is 2.35. The van der Waals surface area contributed by atoms with Crippen LogP contribution in [0.25, 0.3) is 0 Å². The van der Waals surface area contributed by atoms with E-state index in [1.54, 1.807) is 6.07 Å². The summed E-state index contributed by atoms with van der Waals surface area (Å²) < 4.78 is 5.59. The molecule has 0 unspecified atom stereocenters. The molecule has 0 bridgehead atoms. The number of halogens is 1. The average molecular weight is 227 g/mol. The SMILES string of the molecule is Cc1cc(Cl)ccc1OCC1(O)CCC1. The van der Waals surface area contributed by atoms with Crippen LogP contribution >= 0.6 is 11.6 Å². The predicted octanol–water partition coefficient (Wildman–Crippen LogP) is 2.94. The molecule has 1 fully saturated rings. The number of rotatable bonds is 3. The van der Waals surface area contributed by atoms with Crippen LogP contribution in [0, 0.1) is 6.92 Å². The van der Waals surface area contributed by atoms with Crippen LogP contribution in [0.3, 0.4) is 0 Å². The van der Waals surface area contributed by atoms with Crippen molar-refractivity contribution in [1.82, 2.24) is 0 Å². The molecule has 0 spiro atoms. The van der Waals surface area contributed by atoms with Crippen molar-refractivity contribution in [2.45, 2.75) is 31.8 Å². The molecule has 0 saturated heterocycles. The summed E-state index contributed by atoms with van der Waals surface area (Å²) in [5.74, 6) is 0.805. The topological polar surface area (TPSA) is 29.5 Å². The van der Waals surface area contributed by atoms with Crippen molar-refractivity contribution >= 4 is 11.6 Å². The standard InChI is InChI=1S/C12H15ClO2/c1-9-7-10(13)3-4-11(9)15-8-12(14)5-2-6-12/h3-4,7,14H,2,5-6,8H2,1H3. The van der Waals surface area contributed by atoms with Gasteiger partial charge in [-0.3, -0.25) is 0 Å². The Morgan fingerprint density at radius 1 is 1.47 bits per heavy atom. The lowest BCUT2D eigenvalue weighted by atomic mass is 9.81. The van der Waals surface area contributed by atoms with Crippen molar-refractivity contribution in [2.75, 3.05) is 6.61 Å². The summed E-state index contributed by atoms with van der Waals surface area (Å²) in [6, 6.07) is 5.51. The van der Waals surface area contributed by atoms with E-state index in [-0.39, 0.29) is 0 Å². The molecule has 82 valence electrons. The maximum Gasteiger partial charge on any atom is 0.122 e. The molecule has 1 aromatic rings. The van der Waals surface area contributed by atoms with Gasteiger partial charge in [0, 0.05) is 5.02 Å². The van der Waals surface area contributed by atoms with Gasteiger partial charge < -0.3 is 9.84 Å². The second-order valence-electron chi connectivity index (χ2n) is 4.28. The Labute approximate surface area is 94.8 Å². The van der Waals surface area contributed by atoms with Crippen LogP contribution in [0.15, 0.2) is 18.2 Å². The molecule has 15 heavy (non-hydrogen) atoms. The number of aryl methyl sites for hydroxylation is 1. The third-order valence-electron chi connectivity index (χ3n) is 2.92. The number of benzene rings is 1. The first-order valence-corrected chi connectivity index (χ1v) is 5.58. The first-order chi connectivity index (χ1) is 7.09. The Morgan fingerprint density at radius 3 is 2.73 bits per heavy atom. The van der Waals surface area contributed by atoms with E-state index < -0.39 is 5.60 Å². The summed E-state index contributed by atoms with van der Waals surface area (Å²) in [4.78, 5) is 0. The van der Waals surface area contributed by atoms with Crippen molar-refractivity contribution in [3.05, 3.63) is 28.8 Å². The molecule has 0 heterocycles. The minimum atomic E-state index is -0.591. The molecule has 2 nitrogen and oxygen atoms in total. The van der Waals surface area contributed by atoms with Gasteiger partial charge in [-0.05, 0) is 49.9 Å². The second-order valence-corrected chi connectivity index (χ2v) is 4.71. The maximum atomic E-state index is 9.87. The lowest BCUT2D eigenvalue weighted by Gasteiger charge is -2.36. The van der Waals surface area contributed by atoms with Crippen LogP contribution in [0.5, 0.6) is 5.75 Å². The lowest BCUT2D eigenvalue weighted by molar-refractivity contribution is -0.0664. The van der Waals surface area contributed by atoms with Gasteiger partial charge in [-0.2, -0.15) is 0 Å². The number of aliphatic hydroxyl groups is 1. The van der Waals surface area contributed by atoms with Crippen LogP contribution < -0.4 is 4.74 Å². The summed E-state index contributed by atoms with van der Waals surface area (Å²) in [6.45, 7) is 2.33. The molecule has 0 amide bonds. The smallest absolute Gasteiger partial charge is 0.122 e. The molecular weight excluding hydrogens is 212 g/mol. The molecule has 3 heteroatoms. The zero-order valence-electron chi connectivity index (χ0n) is 8.79. The van der Waals surface area contributed by atoms with E-state index in [9.17, 15) is 5.11 Å². The summed E-state index contributed by atoms with van der Waals surface area (Å²) in [6.07, 6.45) is 2.79. The van der Waals surface area contributed by atoms with Crippen molar-refractivity contribution < 1.29 is 9.84 Å². The Kier molecular flexibility index (Phi) is 2.89. The van der Waals surface area contributed by atoms with E-state index in [2.05, 4.69) is 0 Å². The van der Waals surface area contributed by atoms with Crippen molar-refractivity contribution in [1.29, 1.82) is 0 Å². The van der Waals surface area contributed by atoms with Gasteiger partial charge in [0.1, 0.15) is 12.4 Å². The minimum absolute atomic E-state index is 0.384. The van der Waals surface area contributed by atoms with E-state index in [1.165, 1.54) is 0 Å². The second kappa shape index (κ2) is 4.03. The predicted molar refractivity (Wildman–Crippen MR) is 60.5 cm³/mol. The van der Waals surface area contributed by atoms with E-state index in [0.29, 0.717) is 11.6 Å². The van der Waals surface area contributed by atoms with Gasteiger partial charge in [-0.15, -0.1) is 0 Å². The number of hydrogen-bond donors (Lipinski definition) is 1. The zero-order chi connectivity index (χ0) is 10.9. The first-order valence-electron chi connectivity index (χ1n) is 5.20. The van der Waals surface area contributed by atoms with Crippen molar-refractivity contribution in [2.24, 2.45) is 0 Å². The molecule has 0 aliphatic heterocycles. The molecule has 1 aromatic carbocycles. The van der Waals surface area contributed by atoms with E-state index in [1.807, 2.05) is 19.1 Å². The van der Waals surface area contributed by atoms with Crippen LogP contribution in [-0.2, 0) is 0 Å². The molecule has 1 aliphatic rings. The van der Waals surface area contributed by atoms with Crippen LogP contribution in [-0.4, -0.2) is 17.3 Å². The lowest BCUT2D eigenvalue weighted by Crippen LogP contribution is -2.42. The number of ether oxygens (including phenoxy) is 1. The molecule has 1 N–H and O–H groups in total. The fourth-order valence-electron chi connectivity index (χ4n) is 1.72. The third kappa shape index (κ3) is 2.44. The van der Waals surface area contributed by atoms with Crippen LogP contribution in [0.2, 0.25) is 5.02 Å². The quantitative estimate of drug-likeness (QED) is 0.859. The molecular formula is C12H15ClO2. The Hall–Kier alpha value is -0.730. The highest BCUT2D eigenvalue weighted by Crippen LogP contribution is 2.32. The van der Waals surface area contributed by atoms with Crippen molar-refractivity contribution in [3.63, 3.8) is 0 Å². The van der Waals surface area contributed by atoms with Gasteiger partial charge in [-0.25, -0.2) is 0 Å². The van der Waals surface area contributed by atoms with Crippen LogP contribution in [0.1, 0.15) is 24.8 Å². The molecule has 0 radical (unpaired) electrons. The molecule has 1 aliphatic carbocycles. The minimum Gasteiger partial charge on any atom is -0.490 e. The van der Waals surface area contributed by atoms with E-state index in [4.69, 9.17) is 16.3 Å². The van der Waals surface area contributed by atoms with E-state index in [0.717, 1.165) is 30.6 Å². The van der Waals surface area contributed by atoms with Gasteiger partial charge in [-0.1, -0.05) is 11.6 Å². The first kappa shape index (κ1) is 10.8.